The highest BCUT2D eigenvalue weighted by Gasteiger charge is 2.28. The number of rotatable bonds is 2. The molecule has 50 valence electrons. The fourth-order valence-electron chi connectivity index (χ4n) is 0.854. The minimum Gasteiger partial charge on any atom is -0.392 e. The first kappa shape index (κ1) is 6.64. The van der Waals surface area contributed by atoms with Gasteiger partial charge in [0.1, 0.15) is 0 Å². The van der Waals surface area contributed by atoms with Crippen molar-refractivity contribution >= 4 is 0 Å². The maximum Gasteiger partial charge on any atom is 0.0677 e. The molecule has 1 atom stereocenters. The van der Waals surface area contributed by atoms with Crippen molar-refractivity contribution in [2.75, 3.05) is 0 Å². The zero-order chi connectivity index (χ0) is 6.69. The summed E-state index contributed by atoms with van der Waals surface area (Å²) < 4.78 is 0. The lowest BCUT2D eigenvalue weighted by Crippen LogP contribution is -2.06. The minimum atomic E-state index is -0.141. The predicted octanol–water partition coefficient (Wildman–Crippen LogP) is 1.17. The van der Waals surface area contributed by atoms with E-state index in [1.165, 1.54) is 12.8 Å². The first-order valence-electron chi connectivity index (χ1n) is 3.42. The van der Waals surface area contributed by atoms with Crippen molar-refractivity contribution in [1.29, 1.82) is 0 Å². The summed E-state index contributed by atoms with van der Waals surface area (Å²) in [7, 11) is 0. The molecule has 0 aromatic carbocycles. The molecular formula is C8H12O. The molecule has 9 heavy (non-hydrogen) atoms. The number of aliphatic hydroxyl groups is 1. The fraction of sp³-hybridized carbons (Fsp3) is 0.750. The minimum absolute atomic E-state index is 0.141. The van der Waals surface area contributed by atoms with Gasteiger partial charge in [0, 0.05) is 6.42 Å². The monoisotopic (exact) mass is 124 g/mol. The van der Waals surface area contributed by atoms with Gasteiger partial charge in [-0.25, -0.2) is 0 Å². The van der Waals surface area contributed by atoms with Crippen LogP contribution in [-0.4, -0.2) is 11.2 Å². The quantitative estimate of drug-likeness (QED) is 0.548. The standard InChI is InChI=1S/C8H12O/c1-2-3-4-8(9)7-5-6-7/h7-9H,4-6H2,1H3. The van der Waals surface area contributed by atoms with Crippen LogP contribution >= 0.6 is 0 Å². The van der Waals surface area contributed by atoms with Gasteiger partial charge in [0.05, 0.1) is 6.10 Å². The van der Waals surface area contributed by atoms with Gasteiger partial charge in [0.2, 0.25) is 0 Å². The third-order valence-electron chi connectivity index (χ3n) is 1.65. The van der Waals surface area contributed by atoms with E-state index in [4.69, 9.17) is 0 Å². The number of hydrogen-bond donors (Lipinski definition) is 1. The second-order valence-electron chi connectivity index (χ2n) is 2.54. The van der Waals surface area contributed by atoms with Gasteiger partial charge in [-0.05, 0) is 25.7 Å². The SMILES string of the molecule is CC#CCC(O)C1CC1. The predicted molar refractivity (Wildman–Crippen MR) is 36.8 cm³/mol. The van der Waals surface area contributed by atoms with E-state index in [0.717, 1.165) is 0 Å². The van der Waals surface area contributed by atoms with Gasteiger partial charge in [-0.1, -0.05) is 0 Å². The van der Waals surface area contributed by atoms with Crippen LogP contribution in [-0.2, 0) is 0 Å². The van der Waals surface area contributed by atoms with Gasteiger partial charge in [-0.15, -0.1) is 11.8 Å². The molecule has 1 aliphatic carbocycles. The molecule has 1 rings (SSSR count). The van der Waals surface area contributed by atoms with Crippen LogP contribution in [0.1, 0.15) is 26.2 Å². The van der Waals surface area contributed by atoms with Crippen LogP contribution in [0, 0.1) is 17.8 Å². The molecule has 1 saturated carbocycles. The first-order chi connectivity index (χ1) is 4.34. The first-order valence-corrected chi connectivity index (χ1v) is 3.42. The summed E-state index contributed by atoms with van der Waals surface area (Å²) in [4.78, 5) is 0. The molecular weight excluding hydrogens is 112 g/mol. The Kier molecular flexibility index (Phi) is 2.13. The zero-order valence-corrected chi connectivity index (χ0v) is 5.72. The molecule has 0 bridgehead atoms. The summed E-state index contributed by atoms with van der Waals surface area (Å²) in [5.74, 6) is 6.22. The average Bonchev–Trinajstić information content (AvgIpc) is 2.63. The van der Waals surface area contributed by atoms with Crippen LogP contribution in [0.15, 0.2) is 0 Å². The van der Waals surface area contributed by atoms with Crippen LogP contribution in [0.2, 0.25) is 0 Å². The largest absolute Gasteiger partial charge is 0.392 e. The van der Waals surface area contributed by atoms with Crippen molar-refractivity contribution in [3.05, 3.63) is 0 Å². The summed E-state index contributed by atoms with van der Waals surface area (Å²) in [6.45, 7) is 1.81. The molecule has 1 heteroatoms. The van der Waals surface area contributed by atoms with E-state index in [2.05, 4.69) is 11.8 Å². The molecule has 0 aliphatic heterocycles. The van der Waals surface area contributed by atoms with Crippen molar-refractivity contribution in [2.45, 2.75) is 32.3 Å². The van der Waals surface area contributed by atoms with Gasteiger partial charge in [0.15, 0.2) is 0 Å². The van der Waals surface area contributed by atoms with Crippen molar-refractivity contribution in [2.24, 2.45) is 5.92 Å². The normalized spacial score (nSPS) is 20.2. The topological polar surface area (TPSA) is 20.2 Å². The summed E-state index contributed by atoms with van der Waals surface area (Å²) in [5, 5.41) is 9.22. The molecule has 0 aromatic heterocycles. The Bertz CT molecular complexity index is 136. The molecule has 1 aliphatic rings. The molecule has 1 nitrogen and oxygen atoms in total. The van der Waals surface area contributed by atoms with Crippen LogP contribution in [0.4, 0.5) is 0 Å². The van der Waals surface area contributed by atoms with Crippen LogP contribution in [0.25, 0.3) is 0 Å². The molecule has 0 radical (unpaired) electrons. The van der Waals surface area contributed by atoms with Crippen molar-refractivity contribution < 1.29 is 5.11 Å². The second-order valence-corrected chi connectivity index (χ2v) is 2.54. The summed E-state index contributed by atoms with van der Waals surface area (Å²) in [6, 6.07) is 0. The highest BCUT2D eigenvalue weighted by atomic mass is 16.3. The molecule has 1 N–H and O–H groups in total. The molecule has 0 aromatic rings. The fourth-order valence-corrected chi connectivity index (χ4v) is 0.854. The van der Waals surface area contributed by atoms with Gasteiger partial charge in [-0.3, -0.25) is 0 Å². The van der Waals surface area contributed by atoms with Crippen LogP contribution < -0.4 is 0 Å². The third-order valence-corrected chi connectivity index (χ3v) is 1.65. The maximum atomic E-state index is 9.22. The Morgan fingerprint density at radius 2 is 2.33 bits per heavy atom. The molecule has 0 saturated heterocycles. The van der Waals surface area contributed by atoms with E-state index in [1.54, 1.807) is 6.92 Å². The molecule has 1 fully saturated rings. The van der Waals surface area contributed by atoms with Crippen LogP contribution in [0.5, 0.6) is 0 Å². The summed E-state index contributed by atoms with van der Waals surface area (Å²) >= 11 is 0. The van der Waals surface area contributed by atoms with Crippen LogP contribution in [0.3, 0.4) is 0 Å². The Hall–Kier alpha value is -0.480. The van der Waals surface area contributed by atoms with Gasteiger partial charge in [-0.2, -0.15) is 0 Å². The highest BCUT2D eigenvalue weighted by molar-refractivity contribution is 4.99. The Morgan fingerprint density at radius 1 is 1.67 bits per heavy atom. The lowest BCUT2D eigenvalue weighted by Gasteiger charge is -2.00. The van der Waals surface area contributed by atoms with E-state index in [1.807, 2.05) is 0 Å². The van der Waals surface area contributed by atoms with Crippen molar-refractivity contribution in [3.8, 4) is 11.8 Å². The smallest absolute Gasteiger partial charge is 0.0677 e. The lowest BCUT2D eigenvalue weighted by atomic mass is 10.2. The van der Waals surface area contributed by atoms with E-state index < -0.39 is 0 Å². The van der Waals surface area contributed by atoms with E-state index in [-0.39, 0.29) is 6.10 Å². The molecule has 0 heterocycles. The lowest BCUT2D eigenvalue weighted by molar-refractivity contribution is 0.157. The van der Waals surface area contributed by atoms with E-state index in [0.29, 0.717) is 12.3 Å². The number of aliphatic hydroxyl groups excluding tert-OH is 1. The molecule has 1 unspecified atom stereocenters. The molecule has 0 spiro atoms. The third kappa shape index (κ3) is 2.07. The van der Waals surface area contributed by atoms with Crippen molar-refractivity contribution in [1.82, 2.24) is 0 Å². The number of hydrogen-bond acceptors (Lipinski definition) is 1. The molecule has 0 amide bonds. The highest BCUT2D eigenvalue weighted by Crippen LogP contribution is 2.33. The Labute approximate surface area is 56.1 Å². The summed E-state index contributed by atoms with van der Waals surface area (Å²) in [5.41, 5.74) is 0. The van der Waals surface area contributed by atoms with Crippen molar-refractivity contribution in [3.63, 3.8) is 0 Å². The van der Waals surface area contributed by atoms with E-state index in [9.17, 15) is 5.11 Å². The Morgan fingerprint density at radius 3 is 2.78 bits per heavy atom. The van der Waals surface area contributed by atoms with Gasteiger partial charge in [0.25, 0.3) is 0 Å². The van der Waals surface area contributed by atoms with E-state index >= 15 is 0 Å². The second kappa shape index (κ2) is 2.89. The summed E-state index contributed by atoms with van der Waals surface area (Å²) in [6.07, 6.45) is 2.93. The average molecular weight is 124 g/mol. The Balaban J connectivity index is 2.14. The van der Waals surface area contributed by atoms with Gasteiger partial charge >= 0.3 is 0 Å². The zero-order valence-electron chi connectivity index (χ0n) is 5.72. The maximum absolute atomic E-state index is 9.22. The van der Waals surface area contributed by atoms with Gasteiger partial charge < -0.3 is 5.11 Å².